The maximum absolute atomic E-state index is 11.8. The molecule has 0 bridgehead atoms. The Hall–Kier alpha value is -2.51. The molecule has 1 atom stereocenters. The van der Waals surface area contributed by atoms with Gasteiger partial charge < -0.3 is 14.2 Å². The number of carbonyl (C=O) groups excluding carboxylic acids is 1. The van der Waals surface area contributed by atoms with Crippen molar-refractivity contribution in [3.05, 3.63) is 54.0 Å². The molecule has 2 aromatic rings. The molecule has 3 rings (SSSR count). The highest BCUT2D eigenvalue weighted by atomic mass is 16.7. The summed E-state index contributed by atoms with van der Waals surface area (Å²) in [5.41, 5.74) is 1.72. The molecule has 1 aromatic heterocycles. The van der Waals surface area contributed by atoms with Gasteiger partial charge in [0, 0.05) is 13.0 Å². The fourth-order valence-electron chi connectivity index (χ4n) is 2.55. The van der Waals surface area contributed by atoms with Gasteiger partial charge in [0.1, 0.15) is 6.61 Å². The molecule has 0 saturated carbocycles. The van der Waals surface area contributed by atoms with E-state index < -0.39 is 6.09 Å². The lowest BCUT2D eigenvalue weighted by Gasteiger charge is -2.22. The van der Waals surface area contributed by atoms with Gasteiger partial charge in [0.2, 0.25) is 0 Å². The molecule has 2 heterocycles. The number of hydrogen-bond acceptors (Lipinski definition) is 6. The van der Waals surface area contributed by atoms with Crippen LogP contribution in [0.4, 0.5) is 10.6 Å². The average molecular weight is 357 g/mol. The van der Waals surface area contributed by atoms with Gasteiger partial charge >= 0.3 is 6.09 Å². The number of aromatic nitrogens is 2. The minimum absolute atomic E-state index is 0.1000. The number of ether oxygens (including phenoxy) is 3. The van der Waals surface area contributed by atoms with Crippen LogP contribution in [0.15, 0.2) is 42.7 Å². The first-order valence-corrected chi connectivity index (χ1v) is 8.81. The van der Waals surface area contributed by atoms with Crippen LogP contribution in [0.2, 0.25) is 0 Å². The third-order valence-corrected chi connectivity index (χ3v) is 3.95. The Bertz CT molecular complexity index is 673. The van der Waals surface area contributed by atoms with Gasteiger partial charge in [0.05, 0.1) is 24.7 Å². The molecule has 1 N–H and O–H groups in total. The number of carbonyl (C=O) groups is 1. The third-order valence-electron chi connectivity index (χ3n) is 3.95. The zero-order valence-electron chi connectivity index (χ0n) is 14.6. The highest BCUT2D eigenvalue weighted by molar-refractivity contribution is 5.82. The van der Waals surface area contributed by atoms with E-state index >= 15 is 0 Å². The Morgan fingerprint density at radius 2 is 2.08 bits per heavy atom. The Morgan fingerprint density at radius 3 is 2.81 bits per heavy atom. The molecule has 1 aromatic carbocycles. The van der Waals surface area contributed by atoms with Gasteiger partial charge in [-0.25, -0.2) is 9.78 Å². The summed E-state index contributed by atoms with van der Waals surface area (Å²) in [4.78, 5) is 20.2. The van der Waals surface area contributed by atoms with Gasteiger partial charge in [-0.2, -0.15) is 0 Å². The molecule has 0 aliphatic carbocycles. The predicted octanol–water partition coefficient (Wildman–Crippen LogP) is 3.31. The molecule has 1 unspecified atom stereocenters. The lowest BCUT2D eigenvalue weighted by atomic mass is 10.2. The van der Waals surface area contributed by atoms with E-state index in [9.17, 15) is 4.79 Å². The van der Waals surface area contributed by atoms with E-state index in [2.05, 4.69) is 15.3 Å². The predicted molar refractivity (Wildman–Crippen MR) is 95.5 cm³/mol. The third kappa shape index (κ3) is 6.09. The van der Waals surface area contributed by atoms with Crippen molar-refractivity contribution < 1.29 is 19.0 Å². The molecule has 7 heteroatoms. The van der Waals surface area contributed by atoms with E-state index in [-0.39, 0.29) is 12.9 Å². The van der Waals surface area contributed by atoms with E-state index in [4.69, 9.17) is 14.2 Å². The Labute approximate surface area is 152 Å². The van der Waals surface area contributed by atoms with Crippen LogP contribution in [0.1, 0.15) is 30.5 Å². The molecule has 1 saturated heterocycles. The summed E-state index contributed by atoms with van der Waals surface area (Å²) in [6, 6.07) is 9.48. The van der Waals surface area contributed by atoms with Crippen molar-refractivity contribution in [1.29, 1.82) is 0 Å². The number of hydrogen-bond donors (Lipinski definition) is 1. The molecule has 0 radical (unpaired) electrons. The second kappa shape index (κ2) is 9.84. The summed E-state index contributed by atoms with van der Waals surface area (Å²) in [5, 5.41) is 2.56. The number of rotatable bonds is 7. The number of benzene rings is 1. The largest absolute Gasteiger partial charge is 0.444 e. The summed E-state index contributed by atoms with van der Waals surface area (Å²) in [6.45, 7) is 1.51. The van der Waals surface area contributed by atoms with E-state index in [0.29, 0.717) is 18.8 Å². The Kier molecular flexibility index (Phi) is 6.92. The molecule has 1 aliphatic heterocycles. The standard InChI is InChI=1S/C19H23N3O4/c23-19(26-14-15-6-2-1-3-7-15)22-17-13-20-16(12-21-17)9-11-25-18-8-4-5-10-24-18/h1-3,6-7,12-13,18H,4-5,8-11,14H2,(H,21,22,23). The maximum atomic E-state index is 11.8. The van der Waals surface area contributed by atoms with Crippen LogP contribution >= 0.6 is 0 Å². The van der Waals surface area contributed by atoms with Crippen LogP contribution in [0.25, 0.3) is 0 Å². The van der Waals surface area contributed by atoms with Crippen LogP contribution in [0.3, 0.4) is 0 Å². The minimum atomic E-state index is -0.561. The van der Waals surface area contributed by atoms with Crippen molar-refractivity contribution in [2.24, 2.45) is 0 Å². The topological polar surface area (TPSA) is 82.6 Å². The molecule has 1 fully saturated rings. The fraction of sp³-hybridized carbons (Fsp3) is 0.421. The summed E-state index contributed by atoms with van der Waals surface area (Å²) in [5.74, 6) is 0.350. The van der Waals surface area contributed by atoms with Crippen molar-refractivity contribution in [2.75, 3.05) is 18.5 Å². The molecule has 1 amide bonds. The Balaban J connectivity index is 1.37. The van der Waals surface area contributed by atoms with Gasteiger partial charge in [0.15, 0.2) is 12.1 Å². The Morgan fingerprint density at radius 1 is 1.19 bits per heavy atom. The van der Waals surface area contributed by atoms with Gasteiger partial charge in [-0.1, -0.05) is 30.3 Å². The summed E-state index contributed by atoms with van der Waals surface area (Å²) < 4.78 is 16.3. The maximum Gasteiger partial charge on any atom is 0.413 e. The van der Waals surface area contributed by atoms with E-state index in [0.717, 1.165) is 37.1 Å². The summed E-state index contributed by atoms with van der Waals surface area (Å²) in [6.07, 6.45) is 6.31. The number of anilines is 1. The average Bonchev–Trinajstić information content (AvgIpc) is 2.69. The molecular weight excluding hydrogens is 334 g/mol. The van der Waals surface area contributed by atoms with E-state index in [1.807, 2.05) is 30.3 Å². The normalized spacial score (nSPS) is 16.8. The first kappa shape index (κ1) is 18.3. The van der Waals surface area contributed by atoms with Crippen LogP contribution in [0, 0.1) is 0 Å². The second-order valence-corrected chi connectivity index (χ2v) is 6.00. The van der Waals surface area contributed by atoms with Crippen molar-refractivity contribution in [1.82, 2.24) is 9.97 Å². The molecule has 0 spiro atoms. The van der Waals surface area contributed by atoms with Crippen molar-refractivity contribution >= 4 is 11.9 Å². The zero-order valence-corrected chi connectivity index (χ0v) is 14.6. The smallest absolute Gasteiger partial charge is 0.413 e. The molecule has 138 valence electrons. The zero-order chi connectivity index (χ0) is 18.0. The molecule has 1 aliphatic rings. The lowest BCUT2D eigenvalue weighted by molar-refractivity contribution is -0.161. The summed E-state index contributed by atoms with van der Waals surface area (Å²) in [7, 11) is 0. The van der Waals surface area contributed by atoms with Gasteiger partial charge in [0.25, 0.3) is 0 Å². The van der Waals surface area contributed by atoms with Crippen LogP contribution < -0.4 is 5.32 Å². The molecule has 26 heavy (non-hydrogen) atoms. The van der Waals surface area contributed by atoms with E-state index in [1.54, 1.807) is 6.20 Å². The lowest BCUT2D eigenvalue weighted by Crippen LogP contribution is -2.23. The monoisotopic (exact) mass is 357 g/mol. The highest BCUT2D eigenvalue weighted by Gasteiger charge is 2.13. The number of nitrogens with one attached hydrogen (secondary N) is 1. The van der Waals surface area contributed by atoms with Crippen LogP contribution in [-0.2, 0) is 27.2 Å². The molecular formula is C19H23N3O4. The van der Waals surface area contributed by atoms with Crippen LogP contribution in [0.5, 0.6) is 0 Å². The van der Waals surface area contributed by atoms with Crippen molar-refractivity contribution in [3.63, 3.8) is 0 Å². The molecule has 7 nitrogen and oxygen atoms in total. The number of nitrogens with zero attached hydrogens (tertiary/aromatic N) is 2. The quantitative estimate of drug-likeness (QED) is 0.819. The summed E-state index contributed by atoms with van der Waals surface area (Å²) >= 11 is 0. The van der Waals surface area contributed by atoms with Gasteiger partial charge in [-0.3, -0.25) is 10.3 Å². The fourth-order valence-corrected chi connectivity index (χ4v) is 2.55. The second-order valence-electron chi connectivity index (χ2n) is 6.00. The van der Waals surface area contributed by atoms with Gasteiger partial charge in [-0.15, -0.1) is 0 Å². The SMILES string of the molecule is O=C(Nc1cnc(CCOC2CCCCO2)cn1)OCc1ccccc1. The first-order valence-electron chi connectivity index (χ1n) is 8.81. The van der Waals surface area contributed by atoms with Crippen molar-refractivity contribution in [2.45, 2.75) is 38.6 Å². The van der Waals surface area contributed by atoms with Crippen LogP contribution in [-0.4, -0.2) is 35.6 Å². The first-order chi connectivity index (χ1) is 12.8. The highest BCUT2D eigenvalue weighted by Crippen LogP contribution is 2.14. The van der Waals surface area contributed by atoms with Crippen molar-refractivity contribution in [3.8, 4) is 0 Å². The number of amides is 1. The minimum Gasteiger partial charge on any atom is -0.444 e. The van der Waals surface area contributed by atoms with Gasteiger partial charge in [-0.05, 0) is 24.8 Å². The van der Waals surface area contributed by atoms with E-state index in [1.165, 1.54) is 6.20 Å².